The number of aromatic nitrogens is 6. The minimum atomic E-state index is -1.01. The van der Waals surface area contributed by atoms with E-state index >= 15 is 0 Å². The average molecular weight is 599 g/mol. The Balaban J connectivity index is 1.42. The summed E-state index contributed by atoms with van der Waals surface area (Å²) in [4.78, 5) is 42.7. The SMILES string of the molecule is Cc1cnn(C)c1-c1ccc(NC(=O)C(Cc2cc(-c3ccc(=O)n(C(C)C)c3)ccc2Cl)NC(=O)c2nc[nH]n2)cc1. The standard InChI is InChI=1S/C31H31ClN8O3/c1-18(2)40-16-22(8-12-27(40)41)21-7-11-25(32)23(13-21)14-26(37-31(43)29-33-17-34-38-29)30(42)36-24-9-5-20(6-10-24)28-19(3)15-35-39(28)4/h5-13,15-18,26H,14H2,1-4H3,(H,36,42)(H,37,43)(H,33,34,38). The lowest BCUT2D eigenvalue weighted by Gasteiger charge is -2.19. The molecule has 0 aliphatic rings. The maximum absolute atomic E-state index is 13.6. The number of rotatable bonds is 9. The number of hydrogen-bond donors (Lipinski definition) is 3. The summed E-state index contributed by atoms with van der Waals surface area (Å²) in [6, 6.07) is 15.1. The Labute approximate surface area is 252 Å². The Bertz CT molecular complexity index is 1810. The number of aromatic amines is 1. The predicted molar refractivity (Wildman–Crippen MR) is 165 cm³/mol. The van der Waals surface area contributed by atoms with Gasteiger partial charge in [-0.05, 0) is 73.4 Å². The van der Waals surface area contributed by atoms with E-state index in [0.717, 1.165) is 27.9 Å². The maximum Gasteiger partial charge on any atom is 0.291 e. The van der Waals surface area contributed by atoms with Crippen molar-refractivity contribution in [2.75, 3.05) is 5.32 Å². The fraction of sp³-hybridized carbons (Fsp3) is 0.226. The van der Waals surface area contributed by atoms with Crippen LogP contribution in [0.2, 0.25) is 5.02 Å². The van der Waals surface area contributed by atoms with E-state index in [-0.39, 0.29) is 23.8 Å². The summed E-state index contributed by atoms with van der Waals surface area (Å²) in [5.74, 6) is -1.15. The van der Waals surface area contributed by atoms with Crippen LogP contribution in [-0.4, -0.2) is 47.4 Å². The summed E-state index contributed by atoms with van der Waals surface area (Å²) in [5.41, 5.74) is 5.71. The first-order valence-corrected chi connectivity index (χ1v) is 14.1. The number of carbonyl (C=O) groups is 2. The van der Waals surface area contributed by atoms with Crippen LogP contribution in [0.4, 0.5) is 5.69 Å². The molecule has 0 saturated carbocycles. The first kappa shape index (κ1) is 29.5. The molecule has 3 aromatic heterocycles. The van der Waals surface area contributed by atoms with Crippen LogP contribution in [0.5, 0.6) is 0 Å². The van der Waals surface area contributed by atoms with Crippen molar-refractivity contribution in [3.63, 3.8) is 0 Å². The third kappa shape index (κ3) is 6.57. The molecule has 0 bridgehead atoms. The fourth-order valence-electron chi connectivity index (χ4n) is 4.86. The summed E-state index contributed by atoms with van der Waals surface area (Å²) in [7, 11) is 1.88. The minimum absolute atomic E-state index is 0.0135. The second-order valence-corrected chi connectivity index (χ2v) is 10.9. The highest BCUT2D eigenvalue weighted by Gasteiger charge is 2.25. The zero-order valence-corrected chi connectivity index (χ0v) is 24.9. The Hall–Kier alpha value is -5.03. The topological polar surface area (TPSA) is 140 Å². The number of H-pyrrole nitrogens is 1. The van der Waals surface area contributed by atoms with Crippen molar-refractivity contribution in [3.8, 4) is 22.4 Å². The largest absolute Gasteiger partial charge is 0.337 e. The van der Waals surface area contributed by atoms with Crippen LogP contribution in [-0.2, 0) is 18.3 Å². The second kappa shape index (κ2) is 12.5. The Kier molecular flexibility index (Phi) is 8.53. The zero-order chi connectivity index (χ0) is 30.7. The van der Waals surface area contributed by atoms with Gasteiger partial charge in [-0.1, -0.05) is 29.8 Å². The average Bonchev–Trinajstić information content (AvgIpc) is 3.64. The van der Waals surface area contributed by atoms with Crippen molar-refractivity contribution in [1.82, 2.24) is 34.8 Å². The molecule has 43 heavy (non-hydrogen) atoms. The van der Waals surface area contributed by atoms with Gasteiger partial charge in [-0.15, -0.1) is 5.10 Å². The molecule has 11 nitrogen and oxygen atoms in total. The molecule has 220 valence electrons. The van der Waals surface area contributed by atoms with Gasteiger partial charge in [0.2, 0.25) is 11.7 Å². The Morgan fingerprint density at radius 2 is 1.74 bits per heavy atom. The molecular formula is C31H31ClN8O3. The minimum Gasteiger partial charge on any atom is -0.337 e. The molecule has 2 amide bonds. The van der Waals surface area contributed by atoms with Gasteiger partial charge in [-0.2, -0.15) is 5.10 Å². The number of nitrogens with zero attached hydrogens (tertiary/aromatic N) is 5. The van der Waals surface area contributed by atoms with Crippen LogP contribution in [0, 0.1) is 6.92 Å². The van der Waals surface area contributed by atoms with Gasteiger partial charge in [-0.3, -0.25) is 24.2 Å². The second-order valence-electron chi connectivity index (χ2n) is 10.5. The number of halogens is 1. The van der Waals surface area contributed by atoms with E-state index in [1.807, 2.05) is 52.1 Å². The summed E-state index contributed by atoms with van der Waals surface area (Å²) >= 11 is 6.59. The summed E-state index contributed by atoms with van der Waals surface area (Å²) in [6.07, 6.45) is 4.97. The number of aryl methyl sites for hydroxylation is 2. The fourth-order valence-corrected chi connectivity index (χ4v) is 5.06. The molecule has 5 rings (SSSR count). The van der Waals surface area contributed by atoms with Gasteiger partial charge < -0.3 is 15.2 Å². The Morgan fingerprint density at radius 1 is 1.02 bits per heavy atom. The lowest BCUT2D eigenvalue weighted by molar-refractivity contribution is -0.118. The quantitative estimate of drug-likeness (QED) is 0.227. The van der Waals surface area contributed by atoms with Crippen LogP contribution in [0.25, 0.3) is 22.4 Å². The molecule has 12 heteroatoms. The molecule has 1 unspecified atom stereocenters. The van der Waals surface area contributed by atoms with Crippen molar-refractivity contribution in [2.24, 2.45) is 7.05 Å². The molecule has 0 aliphatic heterocycles. The lowest BCUT2D eigenvalue weighted by Crippen LogP contribution is -2.45. The van der Waals surface area contributed by atoms with Gasteiger partial charge in [0.25, 0.3) is 11.5 Å². The lowest BCUT2D eigenvalue weighted by atomic mass is 9.99. The monoisotopic (exact) mass is 598 g/mol. The number of pyridine rings is 1. The van der Waals surface area contributed by atoms with Gasteiger partial charge in [-0.25, -0.2) is 4.98 Å². The summed E-state index contributed by atoms with van der Waals surface area (Å²) in [6.45, 7) is 5.86. The zero-order valence-electron chi connectivity index (χ0n) is 24.1. The molecule has 0 fully saturated rings. The highest BCUT2D eigenvalue weighted by Crippen LogP contribution is 2.27. The molecule has 1 atom stereocenters. The molecular weight excluding hydrogens is 568 g/mol. The number of amides is 2. The third-order valence-electron chi connectivity index (χ3n) is 7.09. The van der Waals surface area contributed by atoms with Crippen molar-refractivity contribution < 1.29 is 9.59 Å². The highest BCUT2D eigenvalue weighted by atomic mass is 35.5. The van der Waals surface area contributed by atoms with E-state index in [1.165, 1.54) is 12.4 Å². The molecule has 0 radical (unpaired) electrons. The first-order valence-electron chi connectivity index (χ1n) is 13.7. The van der Waals surface area contributed by atoms with E-state index in [4.69, 9.17) is 11.6 Å². The van der Waals surface area contributed by atoms with Crippen LogP contribution < -0.4 is 16.2 Å². The normalized spacial score (nSPS) is 11.9. The van der Waals surface area contributed by atoms with Crippen LogP contribution in [0.3, 0.4) is 0 Å². The molecule has 3 N–H and O–H groups in total. The number of carbonyl (C=O) groups excluding carboxylic acids is 2. The van der Waals surface area contributed by atoms with E-state index in [1.54, 1.807) is 45.9 Å². The third-order valence-corrected chi connectivity index (χ3v) is 7.45. The van der Waals surface area contributed by atoms with E-state index in [2.05, 4.69) is 30.9 Å². The molecule has 0 saturated heterocycles. The summed E-state index contributed by atoms with van der Waals surface area (Å²) in [5, 5.41) is 16.7. The van der Waals surface area contributed by atoms with Gasteiger partial charge in [0, 0.05) is 48.0 Å². The number of benzene rings is 2. The van der Waals surface area contributed by atoms with Crippen molar-refractivity contribution in [3.05, 3.63) is 106 Å². The molecule has 0 spiro atoms. The molecule has 5 aromatic rings. The van der Waals surface area contributed by atoms with Gasteiger partial charge in [0.1, 0.15) is 12.4 Å². The van der Waals surface area contributed by atoms with E-state index in [0.29, 0.717) is 16.3 Å². The molecule has 3 heterocycles. The molecule has 0 aliphatic carbocycles. The smallest absolute Gasteiger partial charge is 0.291 e. The first-order chi connectivity index (χ1) is 20.6. The van der Waals surface area contributed by atoms with Crippen molar-refractivity contribution in [2.45, 2.75) is 39.3 Å². The Morgan fingerprint density at radius 3 is 2.40 bits per heavy atom. The van der Waals surface area contributed by atoms with Crippen molar-refractivity contribution >= 4 is 29.1 Å². The predicted octanol–water partition coefficient (Wildman–Crippen LogP) is 4.56. The van der Waals surface area contributed by atoms with Gasteiger partial charge in [0.05, 0.1) is 11.9 Å². The number of anilines is 1. The van der Waals surface area contributed by atoms with E-state index in [9.17, 15) is 14.4 Å². The van der Waals surface area contributed by atoms with Gasteiger partial charge in [0.15, 0.2) is 0 Å². The van der Waals surface area contributed by atoms with E-state index < -0.39 is 17.9 Å². The highest BCUT2D eigenvalue weighted by molar-refractivity contribution is 6.31. The van der Waals surface area contributed by atoms with Crippen LogP contribution >= 0.6 is 11.6 Å². The van der Waals surface area contributed by atoms with Crippen LogP contribution in [0.15, 0.2) is 78.1 Å². The van der Waals surface area contributed by atoms with Gasteiger partial charge >= 0.3 is 0 Å². The van der Waals surface area contributed by atoms with Crippen LogP contribution in [0.1, 0.15) is 41.6 Å². The summed E-state index contributed by atoms with van der Waals surface area (Å²) < 4.78 is 3.45. The molecule has 2 aromatic carbocycles. The van der Waals surface area contributed by atoms with Crippen molar-refractivity contribution in [1.29, 1.82) is 0 Å². The maximum atomic E-state index is 13.6. The number of hydrogen-bond acceptors (Lipinski definition) is 6. The number of nitrogens with one attached hydrogen (secondary N) is 3.